The van der Waals surface area contributed by atoms with Gasteiger partial charge in [0.1, 0.15) is 11.6 Å². The van der Waals surface area contributed by atoms with E-state index in [2.05, 4.69) is 6.58 Å². The number of para-hydroxylation sites is 1. The lowest BCUT2D eigenvalue weighted by atomic mass is 9.70. The van der Waals surface area contributed by atoms with Gasteiger partial charge >= 0.3 is 5.97 Å². The van der Waals surface area contributed by atoms with Gasteiger partial charge in [-0.1, -0.05) is 60.1 Å². The van der Waals surface area contributed by atoms with Crippen LogP contribution in [0.3, 0.4) is 0 Å². The summed E-state index contributed by atoms with van der Waals surface area (Å²) in [4.78, 5) is 43.6. The van der Waals surface area contributed by atoms with Crippen LogP contribution >= 0.6 is 11.6 Å². The number of anilines is 1. The fourth-order valence-electron chi connectivity index (χ4n) is 6.44. The summed E-state index contributed by atoms with van der Waals surface area (Å²) in [5, 5.41) is 20.8. The lowest BCUT2D eigenvalue weighted by molar-refractivity contribution is -0.151. The van der Waals surface area contributed by atoms with Crippen molar-refractivity contribution >= 4 is 35.1 Å². The zero-order chi connectivity index (χ0) is 26.3. The number of hydrogen-bond acceptors (Lipinski definition) is 5. The van der Waals surface area contributed by atoms with E-state index in [-0.39, 0.29) is 6.54 Å². The van der Waals surface area contributed by atoms with Gasteiger partial charge in [-0.05, 0) is 37.0 Å². The minimum Gasteiger partial charge on any atom is -0.481 e. The number of aliphatic hydroxyl groups excluding tert-OH is 1. The molecule has 3 saturated heterocycles. The average Bonchev–Trinajstić information content (AvgIpc) is 3.54. The van der Waals surface area contributed by atoms with Crippen LogP contribution in [0, 0.1) is 11.8 Å². The highest BCUT2D eigenvalue weighted by atomic mass is 35.5. The van der Waals surface area contributed by atoms with Crippen LogP contribution < -0.4 is 4.90 Å². The molecule has 3 aliphatic rings. The average molecular weight is 525 g/mol. The predicted molar refractivity (Wildman–Crippen MR) is 137 cm³/mol. The molecule has 9 heteroatoms. The topological polar surface area (TPSA) is 107 Å². The van der Waals surface area contributed by atoms with Gasteiger partial charge in [0, 0.05) is 6.54 Å². The Hall–Kier alpha value is -3.20. The van der Waals surface area contributed by atoms with E-state index in [9.17, 15) is 24.6 Å². The molecule has 2 amide bonds. The number of benzene rings is 2. The van der Waals surface area contributed by atoms with Crippen molar-refractivity contribution in [3.8, 4) is 0 Å². The van der Waals surface area contributed by atoms with E-state index in [1.54, 1.807) is 30.3 Å². The summed E-state index contributed by atoms with van der Waals surface area (Å²) in [5.41, 5.74) is 0.0311. The van der Waals surface area contributed by atoms with E-state index in [1.807, 2.05) is 30.3 Å². The quantitative estimate of drug-likeness (QED) is 0.488. The molecule has 3 fully saturated rings. The number of amides is 2. The van der Waals surface area contributed by atoms with E-state index in [4.69, 9.17) is 16.3 Å². The van der Waals surface area contributed by atoms with Gasteiger partial charge in [0.2, 0.25) is 5.91 Å². The third-order valence-corrected chi connectivity index (χ3v) is 8.22. The predicted octanol–water partition coefficient (Wildman–Crippen LogP) is 2.92. The SMILES string of the molecule is C=CCN(C(=O)C1N([C@@H](CO)Cc2ccccc2)C(=O)[C@@H]2[C@H](C(=O)O)[C@@H]3CCC12O3)c1ccccc1Cl. The lowest BCUT2D eigenvalue weighted by Gasteiger charge is -2.39. The number of fused-ring (bicyclic) bond motifs is 1. The van der Waals surface area contributed by atoms with Gasteiger partial charge in [-0.15, -0.1) is 6.58 Å². The number of aliphatic carboxylic acids is 1. The van der Waals surface area contributed by atoms with E-state index in [1.165, 1.54) is 9.80 Å². The fraction of sp³-hybridized carbons (Fsp3) is 0.393. The molecule has 0 saturated carbocycles. The Balaban J connectivity index is 1.62. The molecule has 2 bridgehead atoms. The van der Waals surface area contributed by atoms with Gasteiger partial charge in [-0.3, -0.25) is 14.4 Å². The van der Waals surface area contributed by atoms with Crippen LogP contribution in [-0.2, 0) is 25.5 Å². The first-order valence-corrected chi connectivity index (χ1v) is 12.8. The van der Waals surface area contributed by atoms with Crippen LogP contribution in [0.1, 0.15) is 18.4 Å². The summed E-state index contributed by atoms with van der Waals surface area (Å²) in [5.74, 6) is -4.09. The molecule has 0 radical (unpaired) electrons. The van der Waals surface area contributed by atoms with Crippen molar-refractivity contribution in [2.75, 3.05) is 18.1 Å². The Morgan fingerprint density at radius 2 is 1.92 bits per heavy atom. The lowest BCUT2D eigenvalue weighted by Crippen LogP contribution is -2.59. The number of likely N-dealkylation sites (tertiary alicyclic amines) is 1. The zero-order valence-electron chi connectivity index (χ0n) is 20.2. The largest absolute Gasteiger partial charge is 0.481 e. The van der Waals surface area contributed by atoms with Crippen molar-refractivity contribution in [3.63, 3.8) is 0 Å². The second-order valence-corrected chi connectivity index (χ2v) is 10.3. The minimum atomic E-state index is -1.30. The van der Waals surface area contributed by atoms with Gasteiger partial charge < -0.3 is 24.7 Å². The number of carbonyl (C=O) groups is 3. The maximum absolute atomic E-state index is 14.4. The Kier molecular flexibility index (Phi) is 6.83. The number of rotatable bonds is 9. The molecule has 2 aromatic rings. The molecule has 194 valence electrons. The smallest absolute Gasteiger partial charge is 0.310 e. The molecule has 3 heterocycles. The van der Waals surface area contributed by atoms with Crippen LogP contribution in [0.4, 0.5) is 5.69 Å². The van der Waals surface area contributed by atoms with Gasteiger partial charge in [0.25, 0.3) is 5.91 Å². The maximum atomic E-state index is 14.4. The van der Waals surface area contributed by atoms with E-state index in [0.29, 0.717) is 30.0 Å². The number of nitrogens with zero attached hydrogens (tertiary/aromatic N) is 2. The van der Waals surface area contributed by atoms with Crippen molar-refractivity contribution in [2.45, 2.75) is 43.1 Å². The van der Waals surface area contributed by atoms with Crippen molar-refractivity contribution in [1.29, 1.82) is 0 Å². The Morgan fingerprint density at radius 3 is 2.57 bits per heavy atom. The first-order valence-electron chi connectivity index (χ1n) is 12.4. The number of carboxylic acids is 1. The number of aliphatic hydroxyl groups is 1. The van der Waals surface area contributed by atoms with Gasteiger partial charge in [-0.25, -0.2) is 0 Å². The Labute approximate surface area is 220 Å². The maximum Gasteiger partial charge on any atom is 0.310 e. The molecule has 5 rings (SSSR count). The van der Waals surface area contributed by atoms with Crippen LogP contribution in [0.5, 0.6) is 0 Å². The molecule has 3 aliphatic heterocycles. The molecule has 0 aliphatic carbocycles. The monoisotopic (exact) mass is 524 g/mol. The van der Waals surface area contributed by atoms with Crippen molar-refractivity contribution < 1.29 is 29.3 Å². The molecule has 2 aromatic carbocycles. The minimum absolute atomic E-state index is 0.121. The third-order valence-electron chi connectivity index (χ3n) is 7.90. The summed E-state index contributed by atoms with van der Waals surface area (Å²) < 4.78 is 6.30. The molecule has 0 aromatic heterocycles. The van der Waals surface area contributed by atoms with Gasteiger partial charge in [-0.2, -0.15) is 0 Å². The van der Waals surface area contributed by atoms with Crippen LogP contribution in [0.2, 0.25) is 5.02 Å². The number of halogens is 1. The second-order valence-electron chi connectivity index (χ2n) is 9.85. The number of carbonyl (C=O) groups excluding carboxylic acids is 2. The molecule has 1 spiro atoms. The first-order chi connectivity index (χ1) is 17.8. The highest BCUT2D eigenvalue weighted by molar-refractivity contribution is 6.34. The normalized spacial score (nSPS) is 28.7. The number of carboxylic acid groups (broad SMARTS) is 1. The van der Waals surface area contributed by atoms with E-state index < -0.39 is 60.0 Å². The van der Waals surface area contributed by atoms with Crippen LogP contribution in [-0.4, -0.2) is 69.8 Å². The fourth-order valence-corrected chi connectivity index (χ4v) is 6.67. The molecule has 2 N–H and O–H groups in total. The molecule has 2 unspecified atom stereocenters. The highest BCUT2D eigenvalue weighted by Crippen LogP contribution is 2.59. The second kappa shape index (κ2) is 9.93. The van der Waals surface area contributed by atoms with Crippen molar-refractivity contribution in [1.82, 2.24) is 4.90 Å². The molecule has 37 heavy (non-hydrogen) atoms. The number of hydrogen-bond donors (Lipinski definition) is 2. The Bertz CT molecular complexity index is 1220. The molecular weight excluding hydrogens is 496 g/mol. The summed E-state index contributed by atoms with van der Waals surface area (Å²) in [6, 6.07) is 14.4. The molecule has 6 atom stereocenters. The standard InChI is InChI=1S/C28H29ClN2O6/c1-2-14-30(20-11-7-6-10-19(20)29)26(34)24-28-13-12-21(37-28)22(27(35)36)23(28)25(33)31(24)18(16-32)15-17-8-4-3-5-9-17/h2-11,18,21-24,32H,1,12-16H2,(H,35,36)/t18-,21+,22-,23+,24?,28?/m1/s1. The van der Waals surface area contributed by atoms with Crippen molar-refractivity contribution in [3.05, 3.63) is 77.8 Å². The van der Waals surface area contributed by atoms with Crippen LogP contribution in [0.25, 0.3) is 0 Å². The van der Waals surface area contributed by atoms with Gasteiger partial charge in [0.15, 0.2) is 0 Å². The van der Waals surface area contributed by atoms with E-state index >= 15 is 0 Å². The van der Waals surface area contributed by atoms with Crippen LogP contribution in [0.15, 0.2) is 67.3 Å². The Morgan fingerprint density at radius 1 is 1.22 bits per heavy atom. The number of ether oxygens (including phenoxy) is 1. The van der Waals surface area contributed by atoms with E-state index in [0.717, 1.165) is 5.56 Å². The summed E-state index contributed by atoms with van der Waals surface area (Å²) in [6.45, 7) is 3.51. The first kappa shape index (κ1) is 25.4. The third kappa shape index (κ3) is 4.04. The summed E-state index contributed by atoms with van der Waals surface area (Å²) in [7, 11) is 0. The highest BCUT2D eigenvalue weighted by Gasteiger charge is 2.75. The van der Waals surface area contributed by atoms with Gasteiger partial charge in [0.05, 0.1) is 41.3 Å². The van der Waals surface area contributed by atoms with Crippen molar-refractivity contribution in [2.24, 2.45) is 11.8 Å². The zero-order valence-corrected chi connectivity index (χ0v) is 21.0. The summed E-state index contributed by atoms with van der Waals surface area (Å²) >= 11 is 6.46. The summed E-state index contributed by atoms with van der Waals surface area (Å²) in [6.07, 6.45) is 2.04. The molecule has 8 nitrogen and oxygen atoms in total. The molecular formula is C28H29ClN2O6.